The minimum absolute atomic E-state index is 0.690. The Morgan fingerprint density at radius 2 is 2.11 bits per heavy atom. The molecule has 0 aliphatic heterocycles. The highest BCUT2D eigenvalue weighted by molar-refractivity contribution is 9.10. The van der Waals surface area contributed by atoms with Gasteiger partial charge in [0, 0.05) is 35.8 Å². The van der Waals surface area contributed by atoms with Crippen molar-refractivity contribution in [3.05, 3.63) is 28.2 Å². The minimum Gasteiger partial charge on any atom is -0.372 e. The second-order valence-electron chi connectivity index (χ2n) is 5.86. The molecular weight excluding hydrogens is 300 g/mol. The van der Waals surface area contributed by atoms with E-state index in [0.29, 0.717) is 5.92 Å². The first kappa shape index (κ1) is 14.9. The van der Waals surface area contributed by atoms with Gasteiger partial charge in [0.25, 0.3) is 0 Å². The lowest BCUT2D eigenvalue weighted by Gasteiger charge is -2.25. The van der Waals surface area contributed by atoms with E-state index in [9.17, 15) is 0 Å². The van der Waals surface area contributed by atoms with Gasteiger partial charge in [0.1, 0.15) is 0 Å². The van der Waals surface area contributed by atoms with Crippen LogP contribution in [0.25, 0.3) is 0 Å². The van der Waals surface area contributed by atoms with Gasteiger partial charge in [-0.3, -0.25) is 0 Å². The van der Waals surface area contributed by atoms with Crippen molar-refractivity contribution in [1.82, 2.24) is 5.32 Å². The second kappa shape index (κ2) is 6.76. The zero-order valence-corrected chi connectivity index (χ0v) is 13.8. The van der Waals surface area contributed by atoms with E-state index in [2.05, 4.69) is 65.1 Å². The summed E-state index contributed by atoms with van der Waals surface area (Å²) >= 11 is 3.71. The third kappa shape index (κ3) is 4.50. The zero-order valence-electron chi connectivity index (χ0n) is 12.2. The summed E-state index contributed by atoms with van der Waals surface area (Å²) in [7, 11) is 0. The SMILES string of the molecule is CCN(CC(C)C)c1ccc(CNC2CC2)c(Br)c1. The molecule has 3 heteroatoms. The van der Waals surface area contributed by atoms with Gasteiger partial charge in [0.15, 0.2) is 0 Å². The van der Waals surface area contributed by atoms with Crippen molar-refractivity contribution in [3.63, 3.8) is 0 Å². The molecule has 0 saturated heterocycles. The van der Waals surface area contributed by atoms with Crippen LogP contribution < -0.4 is 10.2 Å². The zero-order chi connectivity index (χ0) is 13.8. The van der Waals surface area contributed by atoms with E-state index in [1.807, 2.05) is 0 Å². The Bertz CT molecular complexity index is 413. The Hall–Kier alpha value is -0.540. The Labute approximate surface area is 125 Å². The Morgan fingerprint density at radius 3 is 2.63 bits per heavy atom. The molecule has 0 unspecified atom stereocenters. The van der Waals surface area contributed by atoms with Crippen molar-refractivity contribution < 1.29 is 0 Å². The molecule has 2 nitrogen and oxygen atoms in total. The van der Waals surface area contributed by atoms with E-state index >= 15 is 0 Å². The quantitative estimate of drug-likeness (QED) is 0.809. The van der Waals surface area contributed by atoms with Gasteiger partial charge >= 0.3 is 0 Å². The minimum atomic E-state index is 0.690. The highest BCUT2D eigenvalue weighted by atomic mass is 79.9. The van der Waals surface area contributed by atoms with Crippen LogP contribution in [0.1, 0.15) is 39.2 Å². The average molecular weight is 325 g/mol. The number of benzene rings is 1. The molecule has 1 fully saturated rings. The summed E-state index contributed by atoms with van der Waals surface area (Å²) in [4.78, 5) is 2.44. The molecule has 0 atom stereocenters. The van der Waals surface area contributed by atoms with E-state index < -0.39 is 0 Å². The molecule has 0 spiro atoms. The van der Waals surface area contributed by atoms with Gasteiger partial charge < -0.3 is 10.2 Å². The molecule has 0 amide bonds. The van der Waals surface area contributed by atoms with Crippen molar-refractivity contribution in [1.29, 1.82) is 0 Å². The van der Waals surface area contributed by atoms with E-state index in [1.165, 1.54) is 28.6 Å². The topological polar surface area (TPSA) is 15.3 Å². The van der Waals surface area contributed by atoms with Gasteiger partial charge in [-0.1, -0.05) is 35.8 Å². The summed E-state index contributed by atoms with van der Waals surface area (Å²) in [5.74, 6) is 0.690. The summed E-state index contributed by atoms with van der Waals surface area (Å²) < 4.78 is 1.22. The summed E-state index contributed by atoms with van der Waals surface area (Å²) in [6.45, 7) is 9.91. The highest BCUT2D eigenvalue weighted by Crippen LogP contribution is 2.26. The highest BCUT2D eigenvalue weighted by Gasteiger charge is 2.20. The first-order valence-corrected chi connectivity index (χ1v) is 8.16. The van der Waals surface area contributed by atoms with Crippen LogP contribution in [0.5, 0.6) is 0 Å². The maximum Gasteiger partial charge on any atom is 0.0377 e. The van der Waals surface area contributed by atoms with E-state index in [4.69, 9.17) is 0 Å². The molecule has 1 aliphatic rings. The van der Waals surface area contributed by atoms with Crippen LogP contribution in [0.2, 0.25) is 0 Å². The predicted molar refractivity (Wildman–Crippen MR) is 86.7 cm³/mol. The van der Waals surface area contributed by atoms with Gasteiger partial charge in [0.2, 0.25) is 0 Å². The molecule has 0 radical (unpaired) electrons. The summed E-state index contributed by atoms with van der Waals surface area (Å²) in [6, 6.07) is 7.52. The van der Waals surface area contributed by atoms with Crippen LogP contribution in [0, 0.1) is 5.92 Å². The van der Waals surface area contributed by atoms with Crippen LogP contribution in [-0.4, -0.2) is 19.1 Å². The van der Waals surface area contributed by atoms with Crippen molar-refractivity contribution in [2.45, 2.75) is 46.2 Å². The standard InChI is InChI=1S/C16H25BrN2/c1-4-19(11-12(2)3)15-8-5-13(16(17)9-15)10-18-14-6-7-14/h5,8-9,12,14,18H,4,6-7,10-11H2,1-3H3. The van der Waals surface area contributed by atoms with Crippen molar-refractivity contribution in [2.24, 2.45) is 5.92 Å². The maximum absolute atomic E-state index is 3.71. The summed E-state index contributed by atoms with van der Waals surface area (Å²) in [6.07, 6.45) is 2.68. The van der Waals surface area contributed by atoms with Gasteiger partial charge in [-0.15, -0.1) is 0 Å². The molecule has 2 rings (SSSR count). The fourth-order valence-electron chi connectivity index (χ4n) is 2.28. The molecular formula is C16H25BrN2. The third-order valence-electron chi connectivity index (χ3n) is 3.53. The maximum atomic E-state index is 3.71. The lowest BCUT2D eigenvalue weighted by Crippen LogP contribution is -2.27. The largest absolute Gasteiger partial charge is 0.372 e. The number of anilines is 1. The molecule has 1 N–H and O–H groups in total. The van der Waals surface area contributed by atoms with Gasteiger partial charge in [-0.25, -0.2) is 0 Å². The number of nitrogens with one attached hydrogen (secondary N) is 1. The predicted octanol–water partition coefficient (Wildman–Crippen LogP) is 4.18. The molecule has 1 aliphatic carbocycles. The Morgan fingerprint density at radius 1 is 1.37 bits per heavy atom. The molecule has 106 valence electrons. The fourth-order valence-corrected chi connectivity index (χ4v) is 2.78. The van der Waals surface area contributed by atoms with Crippen LogP contribution in [0.4, 0.5) is 5.69 Å². The second-order valence-corrected chi connectivity index (χ2v) is 6.72. The van der Waals surface area contributed by atoms with Crippen molar-refractivity contribution >= 4 is 21.6 Å². The van der Waals surface area contributed by atoms with Gasteiger partial charge in [-0.2, -0.15) is 0 Å². The Balaban J connectivity index is 2.02. The average Bonchev–Trinajstić information content (AvgIpc) is 3.18. The fraction of sp³-hybridized carbons (Fsp3) is 0.625. The molecule has 1 aromatic rings. The van der Waals surface area contributed by atoms with Crippen molar-refractivity contribution in [3.8, 4) is 0 Å². The first-order valence-electron chi connectivity index (χ1n) is 7.37. The van der Waals surface area contributed by atoms with E-state index in [-0.39, 0.29) is 0 Å². The van der Waals surface area contributed by atoms with E-state index in [0.717, 1.165) is 25.7 Å². The van der Waals surface area contributed by atoms with Crippen molar-refractivity contribution in [2.75, 3.05) is 18.0 Å². The van der Waals surface area contributed by atoms with Crippen LogP contribution >= 0.6 is 15.9 Å². The number of rotatable bonds is 7. The van der Waals surface area contributed by atoms with Crippen LogP contribution in [-0.2, 0) is 6.54 Å². The smallest absolute Gasteiger partial charge is 0.0377 e. The number of hydrogen-bond acceptors (Lipinski definition) is 2. The number of nitrogens with zero attached hydrogens (tertiary/aromatic N) is 1. The number of hydrogen-bond donors (Lipinski definition) is 1. The molecule has 0 aromatic heterocycles. The lowest BCUT2D eigenvalue weighted by molar-refractivity contribution is 0.618. The third-order valence-corrected chi connectivity index (χ3v) is 4.27. The molecule has 1 aromatic carbocycles. The monoisotopic (exact) mass is 324 g/mol. The first-order chi connectivity index (χ1) is 9.10. The molecule has 0 heterocycles. The molecule has 1 saturated carbocycles. The van der Waals surface area contributed by atoms with Gasteiger partial charge in [0.05, 0.1) is 0 Å². The summed E-state index contributed by atoms with van der Waals surface area (Å²) in [5.41, 5.74) is 2.68. The Kier molecular flexibility index (Phi) is 5.28. The number of halogens is 1. The molecule has 0 bridgehead atoms. The summed E-state index contributed by atoms with van der Waals surface area (Å²) in [5, 5.41) is 3.56. The lowest BCUT2D eigenvalue weighted by atomic mass is 10.1. The van der Waals surface area contributed by atoms with Crippen LogP contribution in [0.3, 0.4) is 0 Å². The van der Waals surface area contributed by atoms with E-state index in [1.54, 1.807) is 0 Å². The van der Waals surface area contributed by atoms with Crippen LogP contribution in [0.15, 0.2) is 22.7 Å². The molecule has 19 heavy (non-hydrogen) atoms. The normalized spacial score (nSPS) is 15.0. The van der Waals surface area contributed by atoms with Gasteiger partial charge in [-0.05, 0) is 43.4 Å².